The fourth-order valence-corrected chi connectivity index (χ4v) is 5.35. The first-order valence-electron chi connectivity index (χ1n) is 13.7. The normalized spacial score (nSPS) is 21.3. The van der Waals surface area contributed by atoms with Gasteiger partial charge in [-0.3, -0.25) is 9.88 Å². The third kappa shape index (κ3) is 7.48. The smallest absolute Gasteiger partial charge is 0.106 e. The highest BCUT2D eigenvalue weighted by Crippen LogP contribution is 2.54. The molecule has 2 aromatic heterocycles. The third-order valence-corrected chi connectivity index (χ3v) is 7.28. The quantitative estimate of drug-likeness (QED) is 0.440. The number of nitrogens with one attached hydrogen (secondary N) is 1. The molecular formula is C29H48N6. The number of allylic oxidation sites excluding steroid dienone is 1. The number of rotatable bonds is 12. The van der Waals surface area contributed by atoms with E-state index in [4.69, 9.17) is 0 Å². The minimum absolute atomic E-state index is 0.0903. The monoisotopic (exact) mass is 480 g/mol. The molecule has 0 aromatic carbocycles. The van der Waals surface area contributed by atoms with Crippen LogP contribution in [-0.4, -0.2) is 65.1 Å². The lowest BCUT2D eigenvalue weighted by molar-refractivity contribution is 0.0973. The van der Waals surface area contributed by atoms with Crippen molar-refractivity contribution >= 4 is 0 Å². The SMILES string of the molecule is C/C=C\C1CC1(N(CCCC)CCCN(C)C)n1cnc(CNC)c1.c1cnc2c(c1)CCCC2. The highest BCUT2D eigenvalue weighted by molar-refractivity contribution is 5.21. The van der Waals surface area contributed by atoms with Gasteiger partial charge in [0, 0.05) is 43.6 Å². The summed E-state index contributed by atoms with van der Waals surface area (Å²) in [7, 11) is 6.29. The van der Waals surface area contributed by atoms with Gasteiger partial charge in [-0.1, -0.05) is 31.6 Å². The summed E-state index contributed by atoms with van der Waals surface area (Å²) in [5.41, 5.74) is 4.01. The number of fused-ring (bicyclic) bond motifs is 1. The Hall–Kier alpha value is -2.02. The van der Waals surface area contributed by atoms with Crippen molar-refractivity contribution in [1.29, 1.82) is 0 Å². The van der Waals surface area contributed by atoms with Gasteiger partial charge in [-0.25, -0.2) is 4.98 Å². The zero-order valence-electron chi connectivity index (χ0n) is 22.8. The summed E-state index contributed by atoms with van der Waals surface area (Å²) in [5, 5.41) is 3.21. The number of aromatic nitrogens is 3. The van der Waals surface area contributed by atoms with Crippen LogP contribution in [-0.2, 0) is 25.0 Å². The second kappa shape index (κ2) is 13.9. The van der Waals surface area contributed by atoms with Crippen LogP contribution in [0.2, 0.25) is 0 Å². The van der Waals surface area contributed by atoms with E-state index in [9.17, 15) is 0 Å². The van der Waals surface area contributed by atoms with E-state index in [0.29, 0.717) is 5.92 Å². The van der Waals surface area contributed by atoms with Crippen LogP contribution in [0.5, 0.6) is 0 Å². The number of imidazole rings is 1. The van der Waals surface area contributed by atoms with Crippen LogP contribution in [0.3, 0.4) is 0 Å². The molecule has 2 atom stereocenters. The van der Waals surface area contributed by atoms with E-state index in [2.05, 4.69) is 82.0 Å². The van der Waals surface area contributed by atoms with E-state index in [1.165, 1.54) is 62.6 Å². The Morgan fingerprint density at radius 2 is 1.94 bits per heavy atom. The van der Waals surface area contributed by atoms with Crippen LogP contribution in [0.4, 0.5) is 0 Å². The van der Waals surface area contributed by atoms with Crippen LogP contribution >= 0.6 is 0 Å². The molecule has 1 fully saturated rings. The number of hydrogen-bond donors (Lipinski definition) is 1. The third-order valence-electron chi connectivity index (χ3n) is 7.28. The molecule has 1 N–H and O–H groups in total. The molecule has 2 aliphatic rings. The molecule has 2 aromatic rings. The molecule has 0 spiro atoms. The maximum absolute atomic E-state index is 4.62. The van der Waals surface area contributed by atoms with E-state index in [0.717, 1.165) is 31.9 Å². The van der Waals surface area contributed by atoms with Crippen molar-refractivity contribution in [2.75, 3.05) is 40.8 Å². The van der Waals surface area contributed by atoms with Gasteiger partial charge in [0.25, 0.3) is 0 Å². The van der Waals surface area contributed by atoms with Gasteiger partial charge in [-0.2, -0.15) is 0 Å². The topological polar surface area (TPSA) is 49.2 Å². The van der Waals surface area contributed by atoms with Crippen molar-refractivity contribution in [3.63, 3.8) is 0 Å². The molecule has 0 radical (unpaired) electrons. The van der Waals surface area contributed by atoms with Crippen molar-refractivity contribution < 1.29 is 0 Å². The van der Waals surface area contributed by atoms with Crippen LogP contribution in [0.25, 0.3) is 0 Å². The average Bonchev–Trinajstić information content (AvgIpc) is 3.38. The summed E-state index contributed by atoms with van der Waals surface area (Å²) in [6.45, 7) is 8.69. The van der Waals surface area contributed by atoms with E-state index < -0.39 is 0 Å². The minimum atomic E-state index is 0.0903. The molecule has 0 aliphatic heterocycles. The van der Waals surface area contributed by atoms with E-state index in [1.807, 2.05) is 25.6 Å². The van der Waals surface area contributed by atoms with Crippen LogP contribution in [0, 0.1) is 5.92 Å². The van der Waals surface area contributed by atoms with Gasteiger partial charge in [0.1, 0.15) is 5.66 Å². The van der Waals surface area contributed by atoms with Crippen molar-refractivity contribution in [1.82, 2.24) is 29.7 Å². The van der Waals surface area contributed by atoms with Gasteiger partial charge in [-0.15, -0.1) is 0 Å². The zero-order valence-corrected chi connectivity index (χ0v) is 22.8. The maximum atomic E-state index is 4.62. The first-order valence-corrected chi connectivity index (χ1v) is 13.7. The predicted molar refractivity (Wildman–Crippen MR) is 146 cm³/mol. The van der Waals surface area contributed by atoms with E-state index in [-0.39, 0.29) is 5.66 Å². The molecule has 6 nitrogen and oxygen atoms in total. The van der Waals surface area contributed by atoms with Crippen LogP contribution < -0.4 is 5.32 Å². The molecule has 35 heavy (non-hydrogen) atoms. The number of unbranched alkanes of at least 4 members (excludes halogenated alkanes) is 1. The van der Waals surface area contributed by atoms with Gasteiger partial charge < -0.3 is 14.8 Å². The lowest BCUT2D eigenvalue weighted by Gasteiger charge is -2.34. The van der Waals surface area contributed by atoms with Gasteiger partial charge in [0.05, 0.1) is 12.0 Å². The molecule has 0 bridgehead atoms. The Bertz CT molecular complexity index is 879. The van der Waals surface area contributed by atoms with Crippen molar-refractivity contribution in [3.8, 4) is 0 Å². The predicted octanol–water partition coefficient (Wildman–Crippen LogP) is 4.87. The van der Waals surface area contributed by atoms with Crippen molar-refractivity contribution in [2.24, 2.45) is 5.92 Å². The zero-order chi connectivity index (χ0) is 25.1. The van der Waals surface area contributed by atoms with Gasteiger partial charge in [0.15, 0.2) is 0 Å². The number of hydrogen-bond acceptors (Lipinski definition) is 5. The fourth-order valence-electron chi connectivity index (χ4n) is 5.35. The van der Waals surface area contributed by atoms with Gasteiger partial charge >= 0.3 is 0 Å². The lowest BCUT2D eigenvalue weighted by Crippen LogP contribution is -2.43. The summed E-state index contributed by atoms with van der Waals surface area (Å²) in [4.78, 5) is 13.9. The second-order valence-electron chi connectivity index (χ2n) is 10.3. The van der Waals surface area contributed by atoms with E-state index in [1.54, 1.807) is 0 Å². The highest BCUT2D eigenvalue weighted by Gasteiger charge is 2.58. The Morgan fingerprint density at radius 3 is 2.66 bits per heavy atom. The number of pyridine rings is 1. The summed E-state index contributed by atoms with van der Waals surface area (Å²) in [5.74, 6) is 0.588. The Labute approximate surface area is 213 Å². The number of nitrogens with zero attached hydrogens (tertiary/aromatic N) is 5. The van der Waals surface area contributed by atoms with Crippen molar-refractivity contribution in [3.05, 3.63) is 60.0 Å². The maximum Gasteiger partial charge on any atom is 0.106 e. The Kier molecular flexibility index (Phi) is 11.0. The molecule has 6 heteroatoms. The van der Waals surface area contributed by atoms with Crippen LogP contribution in [0.1, 0.15) is 69.3 Å². The largest absolute Gasteiger partial charge is 0.317 e. The van der Waals surface area contributed by atoms with Crippen molar-refractivity contribution in [2.45, 2.75) is 77.4 Å². The Morgan fingerprint density at radius 1 is 1.14 bits per heavy atom. The molecule has 0 saturated heterocycles. The first-order chi connectivity index (χ1) is 17.0. The number of aryl methyl sites for hydroxylation is 2. The summed E-state index contributed by atoms with van der Waals surface area (Å²) in [6, 6.07) is 4.23. The highest BCUT2D eigenvalue weighted by atomic mass is 15.4. The second-order valence-corrected chi connectivity index (χ2v) is 10.3. The fraction of sp³-hybridized carbons (Fsp3) is 0.655. The molecule has 2 unspecified atom stereocenters. The molecule has 2 aliphatic carbocycles. The van der Waals surface area contributed by atoms with Gasteiger partial charge in [-0.05, 0) is 91.2 Å². The van der Waals surface area contributed by atoms with Gasteiger partial charge in [0.2, 0.25) is 0 Å². The molecule has 2 heterocycles. The Balaban J connectivity index is 0.000000281. The standard InChI is InChI=1S/C20H37N5.C9H11N/c1-6-8-12-24(13-9-11-23(4)5)20(14-18(20)10-7-2)25-16-19(15-21-3)22-17-25;1-2-6-9-8(4-1)5-3-7-10-9/h7,10,16-18,21H,6,8-9,11-15H2,1-5H3;3,5,7H,1-2,4,6H2/b10-7-;. The lowest BCUT2D eigenvalue weighted by atomic mass is 9.96. The van der Waals surface area contributed by atoms with Crippen LogP contribution in [0.15, 0.2) is 43.0 Å². The first kappa shape index (κ1) is 27.6. The molecule has 194 valence electrons. The summed E-state index contributed by atoms with van der Waals surface area (Å²) >= 11 is 0. The minimum Gasteiger partial charge on any atom is -0.317 e. The molecule has 0 amide bonds. The summed E-state index contributed by atoms with van der Waals surface area (Å²) in [6.07, 6.45) is 20.8. The molecule has 4 rings (SSSR count). The van der Waals surface area contributed by atoms with E-state index >= 15 is 0 Å². The molecular weight excluding hydrogens is 432 g/mol. The molecule has 1 saturated carbocycles. The summed E-state index contributed by atoms with van der Waals surface area (Å²) < 4.78 is 2.38. The average molecular weight is 481 g/mol.